The van der Waals surface area contributed by atoms with Gasteiger partial charge < -0.3 is 0 Å². The van der Waals surface area contributed by atoms with Crippen molar-refractivity contribution in [3.8, 4) is 11.8 Å². The number of rotatable bonds is 0. The van der Waals surface area contributed by atoms with Crippen LogP contribution in [0.15, 0.2) is 0 Å². The fourth-order valence-electron chi connectivity index (χ4n) is 0.126. The average Bonchev–Trinajstić information content (AvgIpc) is 1.61. The summed E-state index contributed by atoms with van der Waals surface area (Å²) < 4.78 is 22.2. The van der Waals surface area contributed by atoms with Crippen LogP contribution in [0.1, 0.15) is 0 Å². The van der Waals surface area contributed by atoms with E-state index in [4.69, 9.17) is 23.2 Å². The Morgan fingerprint density at radius 1 is 1.12 bits per heavy atom. The van der Waals surface area contributed by atoms with Crippen molar-refractivity contribution >= 4 is 23.2 Å². The van der Waals surface area contributed by atoms with E-state index in [0.29, 0.717) is 0 Å². The first-order valence-electron chi connectivity index (χ1n) is 1.70. The standard InChI is InChI=1S/C4H2Cl2F2/c5-3(6)1-2-4(7)8/h3-4H. The van der Waals surface area contributed by atoms with Crippen molar-refractivity contribution in [3.63, 3.8) is 0 Å². The van der Waals surface area contributed by atoms with E-state index in [1.807, 2.05) is 5.92 Å². The van der Waals surface area contributed by atoms with E-state index in [2.05, 4.69) is 0 Å². The van der Waals surface area contributed by atoms with Crippen molar-refractivity contribution in [2.45, 2.75) is 11.3 Å². The lowest BCUT2D eigenvalue weighted by Crippen LogP contribution is -1.84. The molecule has 0 aromatic heterocycles. The lowest BCUT2D eigenvalue weighted by molar-refractivity contribution is 0.215. The van der Waals surface area contributed by atoms with Gasteiger partial charge in [-0.3, -0.25) is 0 Å². The summed E-state index contributed by atoms with van der Waals surface area (Å²) in [6.07, 6.45) is -2.64. The molecule has 0 aromatic carbocycles. The maximum Gasteiger partial charge on any atom is 0.298 e. The molecular formula is C4H2Cl2F2. The van der Waals surface area contributed by atoms with E-state index < -0.39 is 11.3 Å². The van der Waals surface area contributed by atoms with Gasteiger partial charge in [0.1, 0.15) is 0 Å². The van der Waals surface area contributed by atoms with Crippen LogP contribution >= 0.6 is 23.2 Å². The molecule has 0 radical (unpaired) electrons. The average molecular weight is 159 g/mol. The highest BCUT2D eigenvalue weighted by molar-refractivity contribution is 6.46. The molecule has 0 rings (SSSR count). The highest BCUT2D eigenvalue weighted by atomic mass is 35.5. The number of hydrogen-bond donors (Lipinski definition) is 0. The van der Waals surface area contributed by atoms with E-state index in [9.17, 15) is 8.78 Å². The predicted molar refractivity (Wildman–Crippen MR) is 29.3 cm³/mol. The zero-order valence-corrected chi connectivity index (χ0v) is 5.18. The highest BCUT2D eigenvalue weighted by Gasteiger charge is 1.93. The third kappa shape index (κ3) is 6.00. The summed E-state index contributed by atoms with van der Waals surface area (Å²) in [5.41, 5.74) is 0. The molecule has 4 heteroatoms. The van der Waals surface area contributed by atoms with Gasteiger partial charge in [0, 0.05) is 0 Å². The van der Waals surface area contributed by atoms with Gasteiger partial charge >= 0.3 is 0 Å². The molecule has 0 saturated heterocycles. The largest absolute Gasteiger partial charge is 0.298 e. The van der Waals surface area contributed by atoms with Gasteiger partial charge in [-0.05, 0) is 5.92 Å². The third-order valence-electron chi connectivity index (χ3n) is 0.302. The Hall–Kier alpha value is 0. The fraction of sp³-hybridized carbons (Fsp3) is 0.500. The summed E-state index contributed by atoms with van der Waals surface area (Å²) in [6, 6.07) is 0. The molecule has 0 aliphatic heterocycles. The predicted octanol–water partition coefficient (Wildman–Crippen LogP) is 2.06. The molecule has 0 spiro atoms. The molecule has 0 heterocycles. The van der Waals surface area contributed by atoms with Crippen LogP contribution < -0.4 is 0 Å². The molecule has 8 heavy (non-hydrogen) atoms. The topological polar surface area (TPSA) is 0 Å². The van der Waals surface area contributed by atoms with Gasteiger partial charge in [-0.1, -0.05) is 29.1 Å². The van der Waals surface area contributed by atoms with Crippen molar-refractivity contribution < 1.29 is 8.78 Å². The van der Waals surface area contributed by atoms with Crippen LogP contribution in [0.4, 0.5) is 8.78 Å². The van der Waals surface area contributed by atoms with Gasteiger partial charge in [0.15, 0.2) is 4.84 Å². The Morgan fingerprint density at radius 2 is 1.62 bits per heavy atom. The maximum absolute atomic E-state index is 11.1. The molecule has 0 aromatic rings. The van der Waals surface area contributed by atoms with Crippen LogP contribution in [0.25, 0.3) is 0 Å². The van der Waals surface area contributed by atoms with Gasteiger partial charge in [-0.25, -0.2) is 0 Å². The summed E-state index contributed by atoms with van der Waals surface area (Å²) in [5, 5.41) is 0. The Labute approximate surface area is 55.8 Å². The minimum Gasteiger partial charge on any atom is -0.196 e. The van der Waals surface area contributed by atoms with Crippen LogP contribution in [-0.4, -0.2) is 11.3 Å². The molecule has 0 aliphatic carbocycles. The van der Waals surface area contributed by atoms with Crippen molar-refractivity contribution in [3.05, 3.63) is 0 Å². The third-order valence-corrected chi connectivity index (χ3v) is 0.520. The molecule has 0 bridgehead atoms. The molecule has 0 N–H and O–H groups in total. The molecule has 0 atom stereocenters. The van der Waals surface area contributed by atoms with Crippen molar-refractivity contribution in [1.29, 1.82) is 0 Å². The molecule has 0 fully saturated rings. The van der Waals surface area contributed by atoms with E-state index in [0.717, 1.165) is 0 Å². The molecular weight excluding hydrogens is 157 g/mol. The molecule has 0 aliphatic rings. The zero-order chi connectivity index (χ0) is 6.57. The normalized spacial score (nSPS) is 9.25. The highest BCUT2D eigenvalue weighted by Crippen LogP contribution is 1.98. The second-order valence-electron chi connectivity index (χ2n) is 0.890. The molecule has 0 nitrogen and oxygen atoms in total. The lowest BCUT2D eigenvalue weighted by atomic mass is 10.6. The van der Waals surface area contributed by atoms with Gasteiger partial charge in [0.05, 0.1) is 0 Å². The van der Waals surface area contributed by atoms with Gasteiger partial charge in [-0.15, -0.1) is 0 Å². The lowest BCUT2D eigenvalue weighted by Gasteiger charge is -1.81. The summed E-state index contributed by atoms with van der Waals surface area (Å²) in [6.45, 7) is 0. The van der Waals surface area contributed by atoms with Crippen molar-refractivity contribution in [2.75, 3.05) is 0 Å². The maximum atomic E-state index is 11.1. The summed E-state index contributed by atoms with van der Waals surface area (Å²) in [4.78, 5) is -1.01. The van der Waals surface area contributed by atoms with Gasteiger partial charge in [0.25, 0.3) is 6.43 Å². The second-order valence-corrected chi connectivity index (χ2v) is 1.99. The Bertz CT molecular complexity index is 98.9. The van der Waals surface area contributed by atoms with E-state index >= 15 is 0 Å². The SMILES string of the molecule is FC(F)C#CC(Cl)Cl. The first-order chi connectivity index (χ1) is 3.63. The zero-order valence-electron chi connectivity index (χ0n) is 3.67. The summed E-state index contributed by atoms with van der Waals surface area (Å²) in [5.74, 6) is 3.37. The molecule has 0 unspecified atom stereocenters. The number of alkyl halides is 4. The first-order valence-corrected chi connectivity index (χ1v) is 2.57. The monoisotopic (exact) mass is 158 g/mol. The number of hydrogen-bond acceptors (Lipinski definition) is 0. The Balaban J connectivity index is 3.50. The van der Waals surface area contributed by atoms with E-state index in [-0.39, 0.29) is 0 Å². The fourth-order valence-corrected chi connectivity index (χ4v) is 0.252. The molecule has 46 valence electrons. The van der Waals surface area contributed by atoms with Gasteiger partial charge in [-0.2, -0.15) is 8.78 Å². The Kier molecular flexibility index (Phi) is 3.94. The van der Waals surface area contributed by atoms with Crippen LogP contribution in [0.5, 0.6) is 0 Å². The van der Waals surface area contributed by atoms with Crippen LogP contribution in [0.2, 0.25) is 0 Å². The summed E-state index contributed by atoms with van der Waals surface area (Å²) in [7, 11) is 0. The van der Waals surface area contributed by atoms with Crippen molar-refractivity contribution in [1.82, 2.24) is 0 Å². The summed E-state index contributed by atoms with van der Waals surface area (Å²) >= 11 is 9.96. The van der Waals surface area contributed by atoms with Crippen molar-refractivity contribution in [2.24, 2.45) is 0 Å². The van der Waals surface area contributed by atoms with Gasteiger partial charge in [0.2, 0.25) is 0 Å². The smallest absolute Gasteiger partial charge is 0.196 e. The quantitative estimate of drug-likeness (QED) is 0.374. The Morgan fingerprint density at radius 3 is 1.75 bits per heavy atom. The van der Waals surface area contributed by atoms with Crippen LogP contribution in [-0.2, 0) is 0 Å². The van der Waals surface area contributed by atoms with E-state index in [1.165, 1.54) is 5.92 Å². The first kappa shape index (κ1) is 8.00. The minimum absolute atomic E-state index is 1.01. The minimum atomic E-state index is -2.64. The molecule has 0 amide bonds. The second kappa shape index (κ2) is 3.94. The number of halogens is 4. The van der Waals surface area contributed by atoms with Crippen LogP contribution in [0, 0.1) is 11.8 Å². The molecule has 0 saturated carbocycles. The van der Waals surface area contributed by atoms with Crippen LogP contribution in [0.3, 0.4) is 0 Å². The van der Waals surface area contributed by atoms with E-state index in [1.54, 1.807) is 0 Å².